The van der Waals surface area contributed by atoms with E-state index in [2.05, 4.69) is 11.0 Å². The topological polar surface area (TPSA) is 63.9 Å². The number of aromatic nitrogens is 1. The van der Waals surface area contributed by atoms with Crippen LogP contribution in [0.25, 0.3) is 0 Å². The molecule has 5 rings (SSSR count). The highest BCUT2D eigenvalue weighted by Gasteiger charge is 2.34. The van der Waals surface area contributed by atoms with Crippen molar-refractivity contribution in [2.75, 3.05) is 26.2 Å². The number of piperidine rings is 1. The third kappa shape index (κ3) is 5.29. The molecule has 3 heterocycles. The van der Waals surface area contributed by atoms with E-state index >= 15 is 0 Å². The predicted molar refractivity (Wildman–Crippen MR) is 127 cm³/mol. The first-order chi connectivity index (χ1) is 16.1. The molecule has 6 nitrogen and oxygen atoms in total. The minimum atomic E-state index is -0.573. The van der Waals surface area contributed by atoms with E-state index in [9.17, 15) is 9.90 Å². The lowest BCUT2D eigenvalue weighted by Gasteiger charge is -2.43. The van der Waals surface area contributed by atoms with Gasteiger partial charge in [-0.15, -0.1) is 0 Å². The Morgan fingerprint density at radius 3 is 2.42 bits per heavy atom. The molecule has 0 radical (unpaired) electrons. The number of benzene rings is 2. The lowest BCUT2D eigenvalue weighted by atomic mass is 9.83. The maximum absolute atomic E-state index is 12.2. The summed E-state index contributed by atoms with van der Waals surface area (Å²) in [5.74, 6) is 2.30. The summed E-state index contributed by atoms with van der Waals surface area (Å²) in [4.78, 5) is 14.5. The number of hydrogen-bond donors (Lipinski definition) is 1. The fourth-order valence-electron chi connectivity index (χ4n) is 5.06. The van der Waals surface area contributed by atoms with Crippen LogP contribution in [0.5, 0.6) is 11.5 Å². The van der Waals surface area contributed by atoms with Gasteiger partial charge < -0.3 is 19.1 Å². The largest absolute Gasteiger partial charge is 0.491 e. The number of rotatable bonds is 8. The number of aliphatic hydroxyl groups is 1. The molecule has 2 bridgehead atoms. The third-order valence-corrected chi connectivity index (χ3v) is 6.54. The van der Waals surface area contributed by atoms with Gasteiger partial charge in [0, 0.05) is 43.9 Å². The SMILES string of the molecule is O=c1cccc2n1C[C@H]1C[C@@H]2CN(C[C@H](O)COc2ccc(OCc3ccccc3)cc2)C1. The number of ether oxygens (including phenoxy) is 2. The van der Waals surface area contributed by atoms with Gasteiger partial charge >= 0.3 is 0 Å². The van der Waals surface area contributed by atoms with Crippen molar-refractivity contribution in [3.8, 4) is 11.5 Å². The Bertz CT molecular complexity index is 1110. The Kier molecular flexibility index (Phi) is 6.46. The smallest absolute Gasteiger partial charge is 0.250 e. The van der Waals surface area contributed by atoms with Gasteiger partial charge in [-0.2, -0.15) is 0 Å². The normalized spacial score (nSPS) is 20.6. The second kappa shape index (κ2) is 9.81. The van der Waals surface area contributed by atoms with Crippen LogP contribution in [0.2, 0.25) is 0 Å². The van der Waals surface area contributed by atoms with E-state index in [1.54, 1.807) is 6.07 Å². The van der Waals surface area contributed by atoms with Crippen molar-refractivity contribution in [3.05, 3.63) is 94.4 Å². The maximum Gasteiger partial charge on any atom is 0.250 e. The Labute approximate surface area is 194 Å². The Balaban J connectivity index is 1.09. The highest BCUT2D eigenvalue weighted by Crippen LogP contribution is 2.34. The van der Waals surface area contributed by atoms with E-state index in [0.29, 0.717) is 30.7 Å². The molecule has 1 aromatic heterocycles. The molecular weight excluding hydrogens is 416 g/mol. The van der Waals surface area contributed by atoms with Gasteiger partial charge in [0.2, 0.25) is 0 Å². The van der Waals surface area contributed by atoms with Gasteiger partial charge in [0.1, 0.15) is 30.8 Å². The van der Waals surface area contributed by atoms with E-state index in [1.165, 1.54) is 0 Å². The highest BCUT2D eigenvalue weighted by molar-refractivity contribution is 5.31. The first-order valence-electron chi connectivity index (χ1n) is 11.6. The molecule has 33 heavy (non-hydrogen) atoms. The zero-order chi connectivity index (χ0) is 22.6. The molecule has 0 amide bonds. The van der Waals surface area contributed by atoms with Crippen molar-refractivity contribution in [2.24, 2.45) is 5.92 Å². The van der Waals surface area contributed by atoms with Crippen molar-refractivity contribution in [3.63, 3.8) is 0 Å². The fraction of sp³-hybridized carbons (Fsp3) is 0.370. The minimum absolute atomic E-state index is 0.0977. The van der Waals surface area contributed by atoms with Crippen LogP contribution in [0.4, 0.5) is 0 Å². The number of β-amino-alcohol motifs (C(OH)–C–C–N with tert-alkyl or cyclic N) is 1. The number of pyridine rings is 1. The Hall–Kier alpha value is -3.09. The molecule has 2 aromatic carbocycles. The molecule has 0 saturated carbocycles. The monoisotopic (exact) mass is 446 g/mol. The van der Waals surface area contributed by atoms with Crippen LogP contribution >= 0.6 is 0 Å². The molecule has 1 saturated heterocycles. The van der Waals surface area contributed by atoms with Gasteiger partial charge in [0.15, 0.2) is 0 Å². The van der Waals surface area contributed by atoms with Crippen LogP contribution in [0.1, 0.15) is 23.6 Å². The van der Waals surface area contributed by atoms with E-state index in [4.69, 9.17) is 9.47 Å². The van der Waals surface area contributed by atoms with Crippen molar-refractivity contribution < 1.29 is 14.6 Å². The summed E-state index contributed by atoms with van der Waals surface area (Å²) in [6, 6.07) is 23.1. The van der Waals surface area contributed by atoms with Gasteiger partial charge in [-0.05, 0) is 48.2 Å². The molecule has 2 aliphatic rings. The predicted octanol–water partition coefficient (Wildman–Crippen LogP) is 3.29. The van der Waals surface area contributed by atoms with Gasteiger partial charge in [0.25, 0.3) is 5.56 Å². The van der Waals surface area contributed by atoms with Crippen LogP contribution in [0, 0.1) is 5.92 Å². The lowest BCUT2D eigenvalue weighted by Crippen LogP contribution is -2.49. The zero-order valence-electron chi connectivity index (χ0n) is 18.7. The van der Waals surface area contributed by atoms with Crippen LogP contribution in [0.15, 0.2) is 77.6 Å². The summed E-state index contributed by atoms with van der Waals surface area (Å²) in [7, 11) is 0. The van der Waals surface area contributed by atoms with Crippen LogP contribution in [-0.2, 0) is 13.2 Å². The third-order valence-electron chi connectivity index (χ3n) is 6.54. The molecule has 6 heteroatoms. The van der Waals surface area contributed by atoms with Crippen LogP contribution < -0.4 is 15.0 Å². The number of likely N-dealkylation sites (tertiary alicyclic amines) is 1. The standard InChI is InChI=1S/C27H30N2O4/c30-23(17-28-14-21-13-22(16-28)26-7-4-8-27(31)29(26)15-21)19-33-25-11-9-24(10-12-25)32-18-20-5-2-1-3-6-20/h1-12,21-23,30H,13-19H2/t21-,22+,23-/m0/s1. The quantitative estimate of drug-likeness (QED) is 0.575. The fourth-order valence-corrected chi connectivity index (χ4v) is 5.06. The van der Waals surface area contributed by atoms with Gasteiger partial charge in [0.05, 0.1) is 0 Å². The first-order valence-corrected chi connectivity index (χ1v) is 11.6. The second-order valence-corrected chi connectivity index (χ2v) is 9.13. The summed E-state index contributed by atoms with van der Waals surface area (Å²) < 4.78 is 13.6. The molecule has 1 fully saturated rings. The summed E-state index contributed by atoms with van der Waals surface area (Å²) >= 11 is 0. The molecule has 172 valence electrons. The molecule has 0 spiro atoms. The summed E-state index contributed by atoms with van der Waals surface area (Å²) in [5.41, 5.74) is 2.35. The van der Waals surface area contributed by atoms with Crippen molar-refractivity contribution in [1.82, 2.24) is 9.47 Å². The van der Waals surface area contributed by atoms with Crippen molar-refractivity contribution in [1.29, 1.82) is 0 Å². The molecule has 1 N–H and O–H groups in total. The highest BCUT2D eigenvalue weighted by atomic mass is 16.5. The maximum atomic E-state index is 12.2. The van der Waals surface area contributed by atoms with E-state index in [0.717, 1.165) is 43.1 Å². The average molecular weight is 447 g/mol. The van der Waals surface area contributed by atoms with Crippen LogP contribution in [-0.4, -0.2) is 46.9 Å². The van der Waals surface area contributed by atoms with Crippen molar-refractivity contribution in [2.45, 2.75) is 31.6 Å². The first kappa shape index (κ1) is 21.7. The van der Waals surface area contributed by atoms with Gasteiger partial charge in [-0.1, -0.05) is 36.4 Å². The number of hydrogen-bond acceptors (Lipinski definition) is 5. The van der Waals surface area contributed by atoms with Gasteiger partial charge in [-0.3, -0.25) is 9.69 Å². The van der Waals surface area contributed by atoms with E-state index < -0.39 is 6.10 Å². The van der Waals surface area contributed by atoms with E-state index in [-0.39, 0.29) is 12.2 Å². The second-order valence-electron chi connectivity index (χ2n) is 9.13. The molecule has 0 aliphatic carbocycles. The molecule has 3 atom stereocenters. The number of nitrogens with zero attached hydrogens (tertiary/aromatic N) is 2. The Morgan fingerprint density at radius 1 is 0.879 bits per heavy atom. The molecular formula is C27H30N2O4. The molecule has 3 aromatic rings. The van der Waals surface area contributed by atoms with E-state index in [1.807, 2.05) is 65.2 Å². The minimum Gasteiger partial charge on any atom is -0.491 e. The number of fused-ring (bicyclic) bond motifs is 4. The van der Waals surface area contributed by atoms with Gasteiger partial charge in [-0.25, -0.2) is 0 Å². The summed E-state index contributed by atoms with van der Waals surface area (Å²) in [6.07, 6.45) is 0.543. The summed E-state index contributed by atoms with van der Waals surface area (Å²) in [6.45, 7) is 3.88. The average Bonchev–Trinajstić information content (AvgIpc) is 2.83. The Morgan fingerprint density at radius 2 is 1.64 bits per heavy atom. The summed E-state index contributed by atoms with van der Waals surface area (Å²) in [5, 5.41) is 10.6. The number of aliphatic hydroxyl groups excluding tert-OH is 1. The molecule has 2 aliphatic heterocycles. The molecule has 0 unspecified atom stereocenters. The van der Waals surface area contributed by atoms with Crippen molar-refractivity contribution >= 4 is 0 Å². The van der Waals surface area contributed by atoms with Crippen LogP contribution in [0.3, 0.4) is 0 Å². The lowest BCUT2D eigenvalue weighted by molar-refractivity contribution is 0.0384. The zero-order valence-corrected chi connectivity index (χ0v) is 18.7.